The molecule has 0 radical (unpaired) electrons. The Hall–Kier alpha value is -0.660. The summed E-state index contributed by atoms with van der Waals surface area (Å²) in [7, 11) is 1.96. The Balaban J connectivity index is 2.68. The van der Waals surface area contributed by atoms with Crippen LogP contribution >= 0.6 is 0 Å². The number of nitrogens with zero attached hydrogens (tertiary/aromatic N) is 1. The molecule has 1 rings (SSSR count). The summed E-state index contributed by atoms with van der Waals surface area (Å²) < 4.78 is 1.97. The van der Waals surface area contributed by atoms with E-state index in [4.69, 9.17) is 5.41 Å². The molecule has 0 saturated heterocycles. The molecule has 0 aromatic carbocycles. The van der Waals surface area contributed by atoms with Crippen LogP contribution in [0.25, 0.3) is 0 Å². The van der Waals surface area contributed by atoms with Crippen LogP contribution < -0.4 is 0 Å². The summed E-state index contributed by atoms with van der Waals surface area (Å²) in [6.45, 7) is 0.833. The van der Waals surface area contributed by atoms with E-state index in [2.05, 4.69) is 0 Å². The minimum atomic E-state index is 0.734. The van der Waals surface area contributed by atoms with E-state index in [-0.39, 0.29) is 0 Å². The maximum atomic E-state index is 6.86. The van der Waals surface area contributed by atoms with Gasteiger partial charge in [-0.2, -0.15) is 0 Å². The molecule has 0 spiro atoms. The van der Waals surface area contributed by atoms with Gasteiger partial charge in [0, 0.05) is 0 Å². The molecule has 0 atom stereocenters. The first-order chi connectivity index (χ1) is 2.79. The highest BCUT2D eigenvalue weighted by molar-refractivity contribution is 6.30. The average molecular weight is 83.1 g/mol. The molecule has 32 valence electrons. The van der Waals surface area contributed by atoms with Crippen molar-refractivity contribution >= 4 is 11.9 Å². The highest BCUT2D eigenvalue weighted by Crippen LogP contribution is 1.80. The van der Waals surface area contributed by atoms with E-state index >= 15 is 0 Å². The van der Waals surface area contributed by atoms with E-state index < -0.39 is 0 Å². The van der Waals surface area contributed by atoms with Crippen molar-refractivity contribution < 1.29 is 4.58 Å². The lowest BCUT2D eigenvalue weighted by Gasteiger charge is -2.01. The molecule has 1 aliphatic rings. The van der Waals surface area contributed by atoms with Crippen LogP contribution in [0.3, 0.4) is 0 Å². The van der Waals surface area contributed by atoms with Crippen LogP contribution in [0.1, 0.15) is 0 Å². The summed E-state index contributed by atoms with van der Waals surface area (Å²) >= 11 is 0. The number of rotatable bonds is 0. The van der Waals surface area contributed by atoms with Crippen molar-refractivity contribution in [3.05, 3.63) is 0 Å². The number of nitrogens with one attached hydrogen (secondary N) is 1. The van der Waals surface area contributed by atoms with Crippen molar-refractivity contribution in [3.63, 3.8) is 0 Å². The first-order valence-electron chi connectivity index (χ1n) is 1.91. The highest BCUT2D eigenvalue weighted by atomic mass is 15.0. The van der Waals surface area contributed by atoms with Gasteiger partial charge < -0.3 is 0 Å². The quantitative estimate of drug-likeness (QED) is 0.390. The molecule has 1 N–H and O–H groups in total. The van der Waals surface area contributed by atoms with E-state index in [1.807, 2.05) is 11.6 Å². The minimum absolute atomic E-state index is 0.734. The van der Waals surface area contributed by atoms with Crippen LogP contribution in [0.2, 0.25) is 0 Å². The lowest BCUT2D eigenvalue weighted by molar-refractivity contribution is -0.487. The Morgan fingerprint density at radius 3 is 2.50 bits per heavy atom. The van der Waals surface area contributed by atoms with Gasteiger partial charge in [-0.25, -0.2) is 4.58 Å². The van der Waals surface area contributed by atoms with Crippen LogP contribution in [-0.2, 0) is 0 Å². The van der Waals surface area contributed by atoms with Crippen LogP contribution in [0.4, 0.5) is 0 Å². The SMILES string of the molecule is C[N+]1=CC(=N)C1. The van der Waals surface area contributed by atoms with Gasteiger partial charge in [-0.3, -0.25) is 5.41 Å². The Morgan fingerprint density at radius 1 is 2.00 bits per heavy atom. The first-order valence-corrected chi connectivity index (χ1v) is 1.91. The van der Waals surface area contributed by atoms with E-state index in [1.165, 1.54) is 0 Å². The van der Waals surface area contributed by atoms with E-state index in [0.29, 0.717) is 0 Å². The largest absolute Gasteiger partial charge is 0.294 e. The standard InChI is InChI=1S/C4H7N2/c1-6-2-4(5)3-6/h2,5H,3H2,1H3/q+1. The zero-order valence-electron chi connectivity index (χ0n) is 3.73. The maximum Gasteiger partial charge on any atom is 0.191 e. The minimum Gasteiger partial charge on any atom is -0.294 e. The van der Waals surface area contributed by atoms with Gasteiger partial charge in [-0.05, 0) is 0 Å². The summed E-state index contributed by atoms with van der Waals surface area (Å²) in [4.78, 5) is 0. The van der Waals surface area contributed by atoms with Gasteiger partial charge in [0.1, 0.15) is 7.05 Å². The van der Waals surface area contributed by atoms with Crippen molar-refractivity contribution in [1.82, 2.24) is 0 Å². The monoisotopic (exact) mass is 83.1 g/mol. The van der Waals surface area contributed by atoms with Crippen molar-refractivity contribution in [3.8, 4) is 0 Å². The van der Waals surface area contributed by atoms with Gasteiger partial charge in [-0.15, -0.1) is 0 Å². The normalized spacial score (nSPS) is 19.5. The van der Waals surface area contributed by atoms with Crippen LogP contribution in [0.15, 0.2) is 0 Å². The Kier molecular flexibility index (Phi) is 0.528. The topological polar surface area (TPSA) is 26.9 Å². The van der Waals surface area contributed by atoms with E-state index in [0.717, 1.165) is 12.3 Å². The van der Waals surface area contributed by atoms with Gasteiger partial charge in [-0.1, -0.05) is 0 Å². The molecule has 1 heterocycles. The molecular weight excluding hydrogens is 76.1 g/mol. The molecule has 0 amide bonds. The maximum absolute atomic E-state index is 6.86. The molecule has 0 bridgehead atoms. The van der Waals surface area contributed by atoms with E-state index in [1.54, 1.807) is 6.21 Å². The summed E-state index contributed by atoms with van der Waals surface area (Å²) in [5, 5.41) is 6.86. The Bertz CT molecular complexity index is 113. The third kappa shape index (κ3) is 0.339. The fourth-order valence-electron chi connectivity index (χ4n) is 0.509. The number of hydrogen-bond donors (Lipinski definition) is 1. The van der Waals surface area contributed by atoms with Crippen LogP contribution in [-0.4, -0.2) is 30.1 Å². The zero-order chi connectivity index (χ0) is 4.57. The lowest BCUT2D eigenvalue weighted by atomic mass is 10.3. The zero-order valence-corrected chi connectivity index (χ0v) is 3.73. The van der Waals surface area contributed by atoms with Crippen LogP contribution in [0, 0.1) is 5.41 Å². The van der Waals surface area contributed by atoms with E-state index in [9.17, 15) is 0 Å². The second-order valence-electron chi connectivity index (χ2n) is 1.57. The van der Waals surface area contributed by atoms with Gasteiger partial charge in [0.25, 0.3) is 0 Å². The predicted octanol–water partition coefficient (Wildman–Crippen LogP) is -0.267. The fourth-order valence-corrected chi connectivity index (χ4v) is 0.509. The molecule has 2 heteroatoms. The fraction of sp³-hybridized carbons (Fsp3) is 0.500. The first kappa shape index (κ1) is 3.53. The summed E-state index contributed by atoms with van der Waals surface area (Å²) in [5.74, 6) is 0. The molecule has 1 aliphatic heterocycles. The van der Waals surface area contributed by atoms with Crippen LogP contribution in [0.5, 0.6) is 0 Å². The predicted molar refractivity (Wildman–Crippen MR) is 24.8 cm³/mol. The van der Waals surface area contributed by atoms with Crippen molar-refractivity contribution in [2.75, 3.05) is 13.6 Å². The second-order valence-corrected chi connectivity index (χ2v) is 1.57. The lowest BCUT2D eigenvalue weighted by Crippen LogP contribution is -2.31. The summed E-state index contributed by atoms with van der Waals surface area (Å²) in [5.41, 5.74) is 0.734. The molecule has 0 aromatic rings. The van der Waals surface area contributed by atoms with Gasteiger partial charge in [0.2, 0.25) is 0 Å². The third-order valence-corrected chi connectivity index (χ3v) is 0.796. The van der Waals surface area contributed by atoms with Crippen molar-refractivity contribution in [2.45, 2.75) is 0 Å². The van der Waals surface area contributed by atoms with Gasteiger partial charge in [0.15, 0.2) is 18.5 Å². The second kappa shape index (κ2) is 0.899. The summed E-state index contributed by atoms with van der Waals surface area (Å²) in [6, 6.07) is 0. The molecule has 0 aliphatic carbocycles. The molecular formula is C4H7N2+. The van der Waals surface area contributed by atoms with Crippen molar-refractivity contribution in [2.24, 2.45) is 0 Å². The molecule has 0 aromatic heterocycles. The summed E-state index contributed by atoms with van der Waals surface area (Å²) in [6.07, 6.45) is 1.81. The van der Waals surface area contributed by atoms with Gasteiger partial charge >= 0.3 is 0 Å². The average Bonchev–Trinajstić information content (AvgIpc) is 1.33. The highest BCUT2D eigenvalue weighted by Gasteiger charge is 2.13. The molecule has 0 fully saturated rings. The van der Waals surface area contributed by atoms with Crippen molar-refractivity contribution in [1.29, 1.82) is 5.41 Å². The third-order valence-electron chi connectivity index (χ3n) is 0.796. The number of hydrogen-bond acceptors (Lipinski definition) is 1. The Morgan fingerprint density at radius 2 is 2.50 bits per heavy atom. The Labute approximate surface area is 36.6 Å². The van der Waals surface area contributed by atoms with Gasteiger partial charge in [0.05, 0.1) is 0 Å². The molecule has 2 nitrogen and oxygen atoms in total. The molecule has 0 unspecified atom stereocenters. The molecule has 6 heavy (non-hydrogen) atoms. The smallest absolute Gasteiger partial charge is 0.191 e. The molecule has 0 saturated carbocycles.